The van der Waals surface area contributed by atoms with Gasteiger partial charge < -0.3 is 0 Å². The summed E-state index contributed by atoms with van der Waals surface area (Å²) >= 11 is 0. The second kappa shape index (κ2) is 5.29. The minimum atomic E-state index is 0.813. The molecule has 0 aromatic rings. The topological polar surface area (TPSA) is 17.1 Å². The van der Waals surface area contributed by atoms with Crippen LogP contribution in [0.4, 0.5) is 0 Å². The minimum absolute atomic E-state index is 0.813. The molecule has 0 fully saturated rings. The van der Waals surface area contributed by atoms with E-state index in [-0.39, 0.29) is 0 Å². The van der Waals surface area contributed by atoms with E-state index in [9.17, 15) is 4.79 Å². The first-order chi connectivity index (χ1) is 4.35. The number of rotatable bonds is 3. The van der Waals surface area contributed by atoms with Gasteiger partial charge in [0.05, 0.1) is 0 Å². The summed E-state index contributed by atoms with van der Waals surface area (Å²) in [4.78, 5) is 10.1. The van der Waals surface area contributed by atoms with Crippen LogP contribution < -0.4 is 0 Å². The second-order valence-electron chi connectivity index (χ2n) is 1.74. The maximum absolute atomic E-state index is 10.1. The molecule has 0 aromatic carbocycles. The Morgan fingerprint density at radius 1 is 1.56 bits per heavy atom. The number of allylic oxidation sites excluding steroid dienone is 4. The summed E-state index contributed by atoms with van der Waals surface area (Å²) < 4.78 is 0. The molecule has 0 spiro atoms. The number of carbonyl (C=O) groups is 1. The first kappa shape index (κ1) is 8.15. The van der Waals surface area contributed by atoms with Crippen molar-refractivity contribution in [3.8, 4) is 0 Å². The standard InChI is InChI=1S/C8H12O/c1-3-5-6-8(4-2)7-9/h3,5-7H,4H2,1-2H3/b5-3+,8-6+. The van der Waals surface area contributed by atoms with Crippen molar-refractivity contribution in [2.45, 2.75) is 20.3 Å². The van der Waals surface area contributed by atoms with Crippen molar-refractivity contribution in [3.05, 3.63) is 23.8 Å². The molecule has 1 nitrogen and oxygen atoms in total. The molecule has 0 aliphatic carbocycles. The molecule has 0 aliphatic heterocycles. The van der Waals surface area contributed by atoms with Crippen LogP contribution >= 0.6 is 0 Å². The number of hydrogen-bond acceptors (Lipinski definition) is 1. The third kappa shape index (κ3) is 3.71. The van der Waals surface area contributed by atoms with E-state index in [1.54, 1.807) is 0 Å². The summed E-state index contributed by atoms with van der Waals surface area (Å²) in [5.41, 5.74) is 0.841. The zero-order valence-corrected chi connectivity index (χ0v) is 5.92. The lowest BCUT2D eigenvalue weighted by molar-refractivity contribution is -0.105. The molecule has 0 N–H and O–H groups in total. The molecule has 9 heavy (non-hydrogen) atoms. The van der Waals surface area contributed by atoms with Crippen LogP contribution in [0.1, 0.15) is 20.3 Å². The Kier molecular flexibility index (Phi) is 4.79. The van der Waals surface area contributed by atoms with Crippen LogP contribution in [0.15, 0.2) is 23.8 Å². The van der Waals surface area contributed by atoms with Gasteiger partial charge >= 0.3 is 0 Å². The Bertz CT molecular complexity index is 132. The largest absolute Gasteiger partial charge is 0.298 e. The van der Waals surface area contributed by atoms with Crippen LogP contribution in [0.5, 0.6) is 0 Å². The molecule has 0 bridgehead atoms. The lowest BCUT2D eigenvalue weighted by atomic mass is 10.2. The summed E-state index contributed by atoms with van der Waals surface area (Å²) in [6, 6.07) is 0. The van der Waals surface area contributed by atoms with Gasteiger partial charge in [-0.3, -0.25) is 4.79 Å². The first-order valence-electron chi connectivity index (χ1n) is 3.12. The van der Waals surface area contributed by atoms with Crippen LogP contribution in [0, 0.1) is 0 Å². The second-order valence-corrected chi connectivity index (χ2v) is 1.74. The fraction of sp³-hybridized carbons (Fsp3) is 0.375. The van der Waals surface area contributed by atoms with Crippen molar-refractivity contribution in [2.24, 2.45) is 0 Å². The molecule has 0 atom stereocenters. The van der Waals surface area contributed by atoms with Crippen LogP contribution in [0.2, 0.25) is 0 Å². The zero-order chi connectivity index (χ0) is 7.11. The predicted octanol–water partition coefficient (Wildman–Crippen LogP) is 2.10. The van der Waals surface area contributed by atoms with Gasteiger partial charge in [-0.05, 0) is 18.9 Å². The SMILES string of the molecule is C/C=C/C=C(/C=O)CC. The highest BCUT2D eigenvalue weighted by Crippen LogP contribution is 1.94. The molecule has 0 radical (unpaired) electrons. The van der Waals surface area contributed by atoms with Crippen LogP contribution in [-0.4, -0.2) is 6.29 Å². The number of hydrogen-bond donors (Lipinski definition) is 0. The molecule has 1 heteroatoms. The van der Waals surface area contributed by atoms with E-state index in [1.807, 2.05) is 32.1 Å². The highest BCUT2D eigenvalue weighted by Gasteiger charge is 1.84. The minimum Gasteiger partial charge on any atom is -0.298 e. The van der Waals surface area contributed by atoms with Gasteiger partial charge in [-0.25, -0.2) is 0 Å². The van der Waals surface area contributed by atoms with E-state index in [0.717, 1.165) is 18.3 Å². The Morgan fingerprint density at radius 2 is 2.22 bits per heavy atom. The summed E-state index contributed by atoms with van der Waals surface area (Å²) in [5, 5.41) is 0. The van der Waals surface area contributed by atoms with E-state index in [0.29, 0.717) is 0 Å². The van der Waals surface area contributed by atoms with Gasteiger partial charge in [0.2, 0.25) is 0 Å². The van der Waals surface area contributed by atoms with Crippen molar-refractivity contribution < 1.29 is 4.79 Å². The Labute approximate surface area is 56.1 Å². The molecule has 0 aliphatic rings. The van der Waals surface area contributed by atoms with Crippen molar-refractivity contribution in [2.75, 3.05) is 0 Å². The van der Waals surface area contributed by atoms with Crippen molar-refractivity contribution in [1.82, 2.24) is 0 Å². The van der Waals surface area contributed by atoms with Crippen LogP contribution in [-0.2, 0) is 4.79 Å². The van der Waals surface area contributed by atoms with E-state index in [1.165, 1.54) is 0 Å². The van der Waals surface area contributed by atoms with Gasteiger partial charge in [-0.15, -0.1) is 0 Å². The molecule has 0 aromatic heterocycles. The lowest BCUT2D eigenvalue weighted by Gasteiger charge is -1.85. The summed E-state index contributed by atoms with van der Waals surface area (Å²) in [6.07, 6.45) is 7.30. The Morgan fingerprint density at radius 3 is 2.56 bits per heavy atom. The maximum atomic E-state index is 10.1. The smallest absolute Gasteiger partial charge is 0.146 e. The molecule has 0 saturated carbocycles. The van der Waals surface area contributed by atoms with Crippen LogP contribution in [0.25, 0.3) is 0 Å². The molecule has 0 unspecified atom stereocenters. The van der Waals surface area contributed by atoms with Gasteiger partial charge in [0.1, 0.15) is 6.29 Å². The Hall–Kier alpha value is -0.850. The maximum Gasteiger partial charge on any atom is 0.146 e. The lowest BCUT2D eigenvalue weighted by Crippen LogP contribution is -1.78. The molecule has 50 valence electrons. The molecular weight excluding hydrogens is 112 g/mol. The van der Waals surface area contributed by atoms with E-state index >= 15 is 0 Å². The zero-order valence-electron chi connectivity index (χ0n) is 5.92. The van der Waals surface area contributed by atoms with Crippen molar-refractivity contribution >= 4 is 6.29 Å². The monoisotopic (exact) mass is 124 g/mol. The summed E-state index contributed by atoms with van der Waals surface area (Å²) in [6.45, 7) is 3.89. The average Bonchev–Trinajstić information content (AvgIpc) is 1.91. The third-order valence-electron chi connectivity index (χ3n) is 1.06. The van der Waals surface area contributed by atoms with Crippen molar-refractivity contribution in [1.29, 1.82) is 0 Å². The molecular formula is C8H12O. The van der Waals surface area contributed by atoms with Crippen molar-refractivity contribution in [3.63, 3.8) is 0 Å². The van der Waals surface area contributed by atoms with Gasteiger partial charge in [0.25, 0.3) is 0 Å². The third-order valence-corrected chi connectivity index (χ3v) is 1.06. The summed E-state index contributed by atoms with van der Waals surface area (Å²) in [7, 11) is 0. The van der Waals surface area contributed by atoms with E-state index < -0.39 is 0 Å². The predicted molar refractivity (Wildman–Crippen MR) is 39.3 cm³/mol. The van der Waals surface area contributed by atoms with E-state index in [2.05, 4.69) is 0 Å². The fourth-order valence-electron chi connectivity index (χ4n) is 0.460. The molecule has 0 rings (SSSR count). The highest BCUT2D eigenvalue weighted by molar-refractivity contribution is 5.73. The number of aldehydes is 1. The van der Waals surface area contributed by atoms with Gasteiger partial charge in [0.15, 0.2) is 0 Å². The van der Waals surface area contributed by atoms with E-state index in [4.69, 9.17) is 0 Å². The fourth-order valence-corrected chi connectivity index (χ4v) is 0.460. The average molecular weight is 124 g/mol. The number of carbonyl (C=O) groups excluding carboxylic acids is 1. The summed E-state index contributed by atoms with van der Waals surface area (Å²) in [5.74, 6) is 0. The van der Waals surface area contributed by atoms with Gasteiger partial charge in [-0.1, -0.05) is 25.2 Å². The quantitative estimate of drug-likeness (QED) is 0.320. The first-order valence-corrected chi connectivity index (χ1v) is 3.12. The van der Waals surface area contributed by atoms with Gasteiger partial charge in [0, 0.05) is 0 Å². The Balaban J connectivity index is 3.90. The molecule has 0 amide bonds. The molecule has 0 saturated heterocycles. The van der Waals surface area contributed by atoms with Gasteiger partial charge in [-0.2, -0.15) is 0 Å². The highest BCUT2D eigenvalue weighted by atomic mass is 16.1. The normalized spacial score (nSPS) is 12.4. The molecule has 0 heterocycles. The van der Waals surface area contributed by atoms with Crippen LogP contribution in [0.3, 0.4) is 0 Å².